The lowest BCUT2D eigenvalue weighted by Crippen LogP contribution is -2.38. The van der Waals surface area contributed by atoms with Crippen molar-refractivity contribution in [3.8, 4) is 5.75 Å². The number of aryl methyl sites for hydroxylation is 1. The Hall–Kier alpha value is -2.33. The molecule has 0 saturated heterocycles. The third kappa shape index (κ3) is 7.98. The second-order valence-corrected chi connectivity index (χ2v) is 7.38. The molecule has 3 aromatic rings. The van der Waals surface area contributed by atoms with Gasteiger partial charge in [-0.25, -0.2) is 9.98 Å². The monoisotopic (exact) mass is 551 g/mol. The van der Waals surface area contributed by atoms with E-state index >= 15 is 0 Å². The molecule has 0 aliphatic carbocycles. The lowest BCUT2D eigenvalue weighted by atomic mass is 10.1. The summed E-state index contributed by atoms with van der Waals surface area (Å²) in [7, 11) is 1.71. The highest BCUT2D eigenvalue weighted by Gasteiger charge is 2.06. The van der Waals surface area contributed by atoms with E-state index in [9.17, 15) is 0 Å². The van der Waals surface area contributed by atoms with Crippen molar-refractivity contribution in [3.05, 3.63) is 65.6 Å². The Bertz CT molecular complexity index is 956. The molecule has 0 radical (unpaired) electrons. The van der Waals surface area contributed by atoms with Crippen LogP contribution in [0.15, 0.2) is 53.8 Å². The quantitative estimate of drug-likeness (QED) is 0.163. The van der Waals surface area contributed by atoms with E-state index in [1.165, 1.54) is 5.56 Å². The number of hydrogen-bond donors (Lipinski definition) is 2. The number of imidazole rings is 1. The van der Waals surface area contributed by atoms with Gasteiger partial charge in [0.2, 0.25) is 0 Å². The Morgan fingerprint density at radius 1 is 1.16 bits per heavy atom. The van der Waals surface area contributed by atoms with Gasteiger partial charge in [0.1, 0.15) is 11.4 Å². The minimum Gasteiger partial charge on any atom is -0.493 e. The normalized spacial score (nSPS) is 11.3. The summed E-state index contributed by atoms with van der Waals surface area (Å²) < 4.78 is 13.1. The van der Waals surface area contributed by atoms with Crippen molar-refractivity contribution in [3.63, 3.8) is 0 Å². The first-order valence-corrected chi connectivity index (χ1v) is 10.9. The molecular weight excluding hydrogens is 517 g/mol. The Labute approximate surface area is 207 Å². The molecule has 3 rings (SSSR count). The van der Waals surface area contributed by atoms with Crippen molar-refractivity contribution in [2.75, 3.05) is 33.4 Å². The molecule has 32 heavy (non-hydrogen) atoms. The summed E-state index contributed by atoms with van der Waals surface area (Å²) in [4.78, 5) is 9.40. The van der Waals surface area contributed by atoms with Crippen LogP contribution in [-0.2, 0) is 17.7 Å². The van der Waals surface area contributed by atoms with Crippen molar-refractivity contribution in [2.24, 2.45) is 4.99 Å². The predicted molar refractivity (Wildman–Crippen MR) is 140 cm³/mol. The number of guanidine groups is 1. The fourth-order valence-electron chi connectivity index (χ4n) is 3.23. The molecule has 0 aliphatic rings. The number of rotatable bonds is 11. The van der Waals surface area contributed by atoms with Crippen LogP contribution in [0.3, 0.4) is 0 Å². The van der Waals surface area contributed by atoms with Gasteiger partial charge in [0.25, 0.3) is 0 Å². The Morgan fingerprint density at radius 2 is 2.03 bits per heavy atom. The second-order valence-electron chi connectivity index (χ2n) is 7.38. The first-order chi connectivity index (χ1) is 15.2. The number of aliphatic imine (C=N–C) groups is 1. The minimum absolute atomic E-state index is 0. The predicted octanol–water partition coefficient (Wildman–Crippen LogP) is 3.97. The number of halogens is 1. The number of methoxy groups -OCH3 is 1. The van der Waals surface area contributed by atoms with E-state index in [-0.39, 0.29) is 24.0 Å². The van der Waals surface area contributed by atoms with Gasteiger partial charge in [-0.3, -0.25) is 0 Å². The van der Waals surface area contributed by atoms with Gasteiger partial charge in [-0.15, -0.1) is 24.0 Å². The maximum absolute atomic E-state index is 5.98. The largest absolute Gasteiger partial charge is 0.493 e. The van der Waals surface area contributed by atoms with Gasteiger partial charge in [-0.1, -0.05) is 18.2 Å². The zero-order valence-electron chi connectivity index (χ0n) is 19.1. The van der Waals surface area contributed by atoms with Crippen molar-refractivity contribution in [2.45, 2.75) is 33.2 Å². The van der Waals surface area contributed by atoms with Gasteiger partial charge in [0.15, 0.2) is 5.96 Å². The molecule has 0 spiro atoms. The van der Waals surface area contributed by atoms with Crippen molar-refractivity contribution >= 4 is 35.6 Å². The summed E-state index contributed by atoms with van der Waals surface area (Å²) in [5.41, 5.74) is 4.27. The maximum Gasteiger partial charge on any atom is 0.191 e. The van der Waals surface area contributed by atoms with Crippen LogP contribution in [0.2, 0.25) is 0 Å². The molecule has 0 fully saturated rings. The second kappa shape index (κ2) is 13.9. The van der Waals surface area contributed by atoms with Crippen LogP contribution in [0.1, 0.15) is 30.2 Å². The number of aromatic nitrogens is 2. The fraction of sp³-hybridized carbons (Fsp3) is 0.417. The smallest absolute Gasteiger partial charge is 0.191 e. The van der Waals surface area contributed by atoms with Gasteiger partial charge >= 0.3 is 0 Å². The number of hydrogen-bond acceptors (Lipinski definition) is 4. The van der Waals surface area contributed by atoms with Crippen LogP contribution in [0.5, 0.6) is 5.75 Å². The molecule has 0 aliphatic heterocycles. The van der Waals surface area contributed by atoms with Crippen molar-refractivity contribution in [1.29, 1.82) is 0 Å². The number of nitrogens with one attached hydrogen (secondary N) is 2. The van der Waals surface area contributed by atoms with E-state index in [0.717, 1.165) is 54.5 Å². The molecule has 2 aromatic heterocycles. The van der Waals surface area contributed by atoms with Crippen LogP contribution >= 0.6 is 24.0 Å². The number of ether oxygens (including phenoxy) is 2. The van der Waals surface area contributed by atoms with Gasteiger partial charge in [0.05, 0.1) is 18.8 Å². The topological polar surface area (TPSA) is 72.2 Å². The lowest BCUT2D eigenvalue weighted by Gasteiger charge is -2.13. The highest BCUT2D eigenvalue weighted by atomic mass is 127. The SMILES string of the molecule is CCNC(=NCc1ccc(C)cc1OCCCOC)NCCc1cn2ccccc2n1.I. The van der Waals surface area contributed by atoms with Crippen LogP contribution in [-0.4, -0.2) is 48.8 Å². The molecule has 2 heterocycles. The summed E-state index contributed by atoms with van der Waals surface area (Å²) in [6.07, 6.45) is 5.77. The van der Waals surface area contributed by atoms with Gasteiger partial charge in [0, 0.05) is 57.6 Å². The number of nitrogens with zero attached hydrogens (tertiary/aromatic N) is 3. The average Bonchev–Trinajstić information content (AvgIpc) is 3.19. The Balaban J connectivity index is 0.00000363. The summed E-state index contributed by atoms with van der Waals surface area (Å²) in [5, 5.41) is 6.72. The van der Waals surface area contributed by atoms with Gasteiger partial charge in [-0.2, -0.15) is 0 Å². The van der Waals surface area contributed by atoms with Crippen LogP contribution in [0, 0.1) is 6.92 Å². The Morgan fingerprint density at radius 3 is 2.81 bits per heavy atom. The third-order valence-corrected chi connectivity index (χ3v) is 4.81. The standard InChI is InChI=1S/C24H33N5O2.HI/c1-4-25-24(26-12-11-21-18-29-13-6-5-8-23(29)28-21)27-17-20-10-9-19(2)16-22(20)31-15-7-14-30-3;/h5-6,8-10,13,16,18H,4,7,11-12,14-15,17H2,1-3H3,(H2,25,26,27);1H. The molecule has 1 aromatic carbocycles. The minimum atomic E-state index is 0. The summed E-state index contributed by atoms with van der Waals surface area (Å²) in [6.45, 7) is 7.56. The molecule has 8 heteroatoms. The fourth-order valence-corrected chi connectivity index (χ4v) is 3.23. The van der Waals surface area contributed by atoms with E-state index in [0.29, 0.717) is 19.8 Å². The van der Waals surface area contributed by atoms with Crippen LogP contribution in [0.4, 0.5) is 0 Å². The molecule has 0 saturated carbocycles. The average molecular weight is 551 g/mol. The zero-order chi connectivity index (χ0) is 21.9. The summed E-state index contributed by atoms with van der Waals surface area (Å²) >= 11 is 0. The molecule has 0 bridgehead atoms. The lowest BCUT2D eigenvalue weighted by molar-refractivity contribution is 0.172. The molecule has 174 valence electrons. The van der Waals surface area contributed by atoms with E-state index in [2.05, 4.69) is 53.9 Å². The van der Waals surface area contributed by atoms with E-state index < -0.39 is 0 Å². The molecule has 7 nitrogen and oxygen atoms in total. The van der Waals surface area contributed by atoms with E-state index in [4.69, 9.17) is 14.5 Å². The number of fused-ring (bicyclic) bond motifs is 1. The number of benzene rings is 1. The Kier molecular flexibility index (Phi) is 11.3. The van der Waals surface area contributed by atoms with Crippen LogP contribution in [0.25, 0.3) is 5.65 Å². The molecule has 0 amide bonds. The maximum atomic E-state index is 5.98. The molecular formula is C24H34IN5O2. The van der Waals surface area contributed by atoms with E-state index in [1.54, 1.807) is 7.11 Å². The van der Waals surface area contributed by atoms with Crippen LogP contribution < -0.4 is 15.4 Å². The number of pyridine rings is 1. The molecule has 0 atom stereocenters. The highest BCUT2D eigenvalue weighted by Crippen LogP contribution is 2.21. The molecule has 0 unspecified atom stereocenters. The first-order valence-electron chi connectivity index (χ1n) is 10.9. The zero-order valence-corrected chi connectivity index (χ0v) is 21.5. The summed E-state index contributed by atoms with van der Waals surface area (Å²) in [6, 6.07) is 12.3. The van der Waals surface area contributed by atoms with Crippen molar-refractivity contribution in [1.82, 2.24) is 20.0 Å². The van der Waals surface area contributed by atoms with Gasteiger partial charge < -0.3 is 24.5 Å². The van der Waals surface area contributed by atoms with Gasteiger partial charge in [-0.05, 0) is 37.6 Å². The highest BCUT2D eigenvalue weighted by molar-refractivity contribution is 14.0. The summed E-state index contributed by atoms with van der Waals surface area (Å²) in [5.74, 6) is 1.68. The first kappa shape index (κ1) is 25.9. The molecule has 2 N–H and O–H groups in total. The van der Waals surface area contributed by atoms with Crippen molar-refractivity contribution < 1.29 is 9.47 Å². The third-order valence-electron chi connectivity index (χ3n) is 4.81. The van der Waals surface area contributed by atoms with E-state index in [1.807, 2.05) is 28.8 Å².